The molecule has 0 radical (unpaired) electrons. The molecule has 1 aromatic heterocycles. The van der Waals surface area contributed by atoms with E-state index in [1.165, 1.54) is 12.8 Å². The predicted molar refractivity (Wildman–Crippen MR) is 68.7 cm³/mol. The summed E-state index contributed by atoms with van der Waals surface area (Å²) in [5.41, 5.74) is 2.07. The van der Waals surface area contributed by atoms with Gasteiger partial charge in [0, 0.05) is 38.1 Å². The molecule has 0 unspecified atom stereocenters. The van der Waals surface area contributed by atoms with E-state index in [1.54, 1.807) is 0 Å². The van der Waals surface area contributed by atoms with Gasteiger partial charge in [-0.1, -0.05) is 6.92 Å². The molecule has 1 N–H and O–H groups in total. The summed E-state index contributed by atoms with van der Waals surface area (Å²) in [6.45, 7) is 8.48. The number of aryl methyl sites for hydroxylation is 1. The van der Waals surface area contributed by atoms with Crippen molar-refractivity contribution in [3.63, 3.8) is 0 Å². The molecule has 0 spiro atoms. The van der Waals surface area contributed by atoms with Crippen molar-refractivity contribution in [1.29, 1.82) is 0 Å². The van der Waals surface area contributed by atoms with Crippen LogP contribution in [-0.4, -0.2) is 40.5 Å². The van der Waals surface area contributed by atoms with E-state index in [4.69, 9.17) is 0 Å². The summed E-state index contributed by atoms with van der Waals surface area (Å²) in [7, 11) is 0. The van der Waals surface area contributed by atoms with Gasteiger partial charge in [-0.25, -0.2) is 0 Å². The number of nitrogens with one attached hydrogen (secondary N) is 1. The lowest BCUT2D eigenvalue weighted by molar-refractivity contribution is 0.189. The zero-order chi connectivity index (χ0) is 12.1. The van der Waals surface area contributed by atoms with Crippen LogP contribution in [0.3, 0.4) is 0 Å². The Bertz CT molecular complexity index is 328. The fourth-order valence-corrected chi connectivity index (χ4v) is 2.31. The van der Waals surface area contributed by atoms with Crippen molar-refractivity contribution in [1.82, 2.24) is 20.2 Å². The van der Waals surface area contributed by atoms with Crippen molar-refractivity contribution in [2.75, 3.05) is 19.6 Å². The Hall–Kier alpha value is -1.00. The molecule has 1 aromatic rings. The topological polar surface area (TPSA) is 41.0 Å². The van der Waals surface area contributed by atoms with Crippen LogP contribution in [0.5, 0.6) is 0 Å². The molecule has 94 valence electrons. The molecule has 0 bridgehead atoms. The van der Waals surface area contributed by atoms with Crippen molar-refractivity contribution in [2.45, 2.75) is 39.3 Å². The molecule has 2 heterocycles. The third-order valence-corrected chi connectivity index (χ3v) is 3.30. The zero-order valence-electron chi connectivity index (χ0n) is 10.8. The maximum Gasteiger partial charge on any atom is 0.0727 e. The van der Waals surface area contributed by atoms with E-state index in [2.05, 4.69) is 27.1 Å². The van der Waals surface area contributed by atoms with Crippen molar-refractivity contribution in [2.24, 2.45) is 0 Å². The van der Waals surface area contributed by atoms with Crippen LogP contribution >= 0.6 is 0 Å². The van der Waals surface area contributed by atoms with E-state index in [-0.39, 0.29) is 0 Å². The van der Waals surface area contributed by atoms with Crippen LogP contribution in [0.15, 0.2) is 12.4 Å². The second-order valence-electron chi connectivity index (χ2n) is 4.76. The Balaban J connectivity index is 1.79. The number of nitrogens with zero attached hydrogens (tertiary/aromatic N) is 3. The molecule has 0 aliphatic carbocycles. The summed E-state index contributed by atoms with van der Waals surface area (Å²) in [6, 6.07) is 0.709. The molecular formula is C13H22N4. The first kappa shape index (κ1) is 12.5. The SMILES string of the molecule is CCNC1CCN(Cc2cnc(C)cn2)CC1. The fraction of sp³-hybridized carbons (Fsp3) is 0.692. The molecule has 4 heteroatoms. The van der Waals surface area contributed by atoms with Gasteiger partial charge in [0.1, 0.15) is 0 Å². The number of hydrogen-bond acceptors (Lipinski definition) is 4. The molecule has 0 amide bonds. The number of piperidine rings is 1. The highest BCUT2D eigenvalue weighted by molar-refractivity contribution is 5.00. The van der Waals surface area contributed by atoms with Gasteiger partial charge in [0.05, 0.1) is 11.4 Å². The molecule has 1 saturated heterocycles. The minimum atomic E-state index is 0.709. The Kier molecular flexibility index (Phi) is 4.45. The van der Waals surface area contributed by atoms with Crippen LogP contribution in [-0.2, 0) is 6.54 Å². The third-order valence-electron chi connectivity index (χ3n) is 3.30. The fourth-order valence-electron chi connectivity index (χ4n) is 2.31. The number of aromatic nitrogens is 2. The van der Waals surface area contributed by atoms with Crippen molar-refractivity contribution < 1.29 is 0 Å². The summed E-state index contributed by atoms with van der Waals surface area (Å²) >= 11 is 0. The summed E-state index contributed by atoms with van der Waals surface area (Å²) in [5.74, 6) is 0. The van der Waals surface area contributed by atoms with E-state index in [1.807, 2.05) is 19.3 Å². The maximum absolute atomic E-state index is 4.41. The molecule has 1 aliphatic rings. The Morgan fingerprint density at radius 1 is 1.29 bits per heavy atom. The van der Waals surface area contributed by atoms with Crippen LogP contribution in [0, 0.1) is 6.92 Å². The van der Waals surface area contributed by atoms with Gasteiger partial charge in [0.15, 0.2) is 0 Å². The van der Waals surface area contributed by atoms with Crippen LogP contribution < -0.4 is 5.32 Å². The monoisotopic (exact) mass is 234 g/mol. The van der Waals surface area contributed by atoms with E-state index < -0.39 is 0 Å². The molecule has 17 heavy (non-hydrogen) atoms. The third kappa shape index (κ3) is 3.75. The van der Waals surface area contributed by atoms with E-state index in [0.29, 0.717) is 6.04 Å². The van der Waals surface area contributed by atoms with Gasteiger partial charge in [0.2, 0.25) is 0 Å². The highest BCUT2D eigenvalue weighted by atomic mass is 15.1. The standard InChI is InChI=1S/C13H22N4/c1-3-14-12-4-6-17(7-5-12)10-13-9-15-11(2)8-16-13/h8-9,12,14H,3-7,10H2,1-2H3. The predicted octanol–water partition coefficient (Wildman–Crippen LogP) is 1.36. The minimum absolute atomic E-state index is 0.709. The minimum Gasteiger partial charge on any atom is -0.314 e. The van der Waals surface area contributed by atoms with Gasteiger partial charge in [0.25, 0.3) is 0 Å². The van der Waals surface area contributed by atoms with Gasteiger partial charge in [-0.15, -0.1) is 0 Å². The largest absolute Gasteiger partial charge is 0.314 e. The zero-order valence-corrected chi connectivity index (χ0v) is 10.8. The highest BCUT2D eigenvalue weighted by Crippen LogP contribution is 2.12. The lowest BCUT2D eigenvalue weighted by Gasteiger charge is -2.31. The average molecular weight is 234 g/mol. The second-order valence-corrected chi connectivity index (χ2v) is 4.76. The van der Waals surface area contributed by atoms with Gasteiger partial charge in [-0.2, -0.15) is 0 Å². The van der Waals surface area contributed by atoms with Crippen molar-refractivity contribution >= 4 is 0 Å². The first-order valence-corrected chi connectivity index (χ1v) is 6.51. The summed E-state index contributed by atoms with van der Waals surface area (Å²) < 4.78 is 0. The lowest BCUT2D eigenvalue weighted by atomic mass is 10.1. The van der Waals surface area contributed by atoms with Crippen molar-refractivity contribution in [3.8, 4) is 0 Å². The van der Waals surface area contributed by atoms with Gasteiger partial charge in [-0.3, -0.25) is 14.9 Å². The molecule has 1 fully saturated rings. The first-order chi connectivity index (χ1) is 8.28. The van der Waals surface area contributed by atoms with Crippen molar-refractivity contribution in [3.05, 3.63) is 23.8 Å². The molecule has 2 rings (SSSR count). The van der Waals surface area contributed by atoms with Gasteiger partial charge < -0.3 is 5.32 Å². The normalized spacial score (nSPS) is 18.5. The smallest absolute Gasteiger partial charge is 0.0727 e. The van der Waals surface area contributed by atoms with Gasteiger partial charge >= 0.3 is 0 Å². The quantitative estimate of drug-likeness (QED) is 0.854. The van der Waals surface area contributed by atoms with E-state index in [9.17, 15) is 0 Å². The summed E-state index contributed by atoms with van der Waals surface area (Å²) in [4.78, 5) is 11.2. The summed E-state index contributed by atoms with van der Waals surface area (Å²) in [6.07, 6.45) is 6.23. The molecule has 1 aliphatic heterocycles. The average Bonchev–Trinajstić information content (AvgIpc) is 2.35. The molecule has 0 aromatic carbocycles. The Labute approximate surface area is 103 Å². The Morgan fingerprint density at radius 3 is 2.65 bits per heavy atom. The lowest BCUT2D eigenvalue weighted by Crippen LogP contribution is -2.42. The van der Waals surface area contributed by atoms with Crippen LogP contribution in [0.1, 0.15) is 31.2 Å². The highest BCUT2D eigenvalue weighted by Gasteiger charge is 2.18. The van der Waals surface area contributed by atoms with Crippen LogP contribution in [0.4, 0.5) is 0 Å². The Morgan fingerprint density at radius 2 is 2.06 bits per heavy atom. The van der Waals surface area contributed by atoms with Crippen LogP contribution in [0.25, 0.3) is 0 Å². The molecule has 0 atom stereocenters. The number of rotatable bonds is 4. The summed E-state index contributed by atoms with van der Waals surface area (Å²) in [5, 5.41) is 3.52. The molecule has 4 nitrogen and oxygen atoms in total. The van der Waals surface area contributed by atoms with Gasteiger partial charge in [-0.05, 0) is 26.3 Å². The maximum atomic E-state index is 4.41. The number of hydrogen-bond donors (Lipinski definition) is 1. The van der Waals surface area contributed by atoms with E-state index in [0.717, 1.165) is 37.6 Å². The second kappa shape index (κ2) is 6.07. The molecule has 0 saturated carbocycles. The molecular weight excluding hydrogens is 212 g/mol. The first-order valence-electron chi connectivity index (χ1n) is 6.51. The van der Waals surface area contributed by atoms with E-state index >= 15 is 0 Å². The number of likely N-dealkylation sites (tertiary alicyclic amines) is 1. The van der Waals surface area contributed by atoms with Crippen LogP contribution in [0.2, 0.25) is 0 Å².